The highest BCUT2D eigenvalue weighted by molar-refractivity contribution is 6.06. The number of benzene rings is 2. The number of amides is 3. The van der Waals surface area contributed by atoms with Crippen molar-refractivity contribution in [3.63, 3.8) is 0 Å². The number of aryl methyl sites for hydroxylation is 2. The molecule has 3 amide bonds. The minimum Gasteiger partial charge on any atom is -0.345 e. The molecule has 4 aromatic rings. The van der Waals surface area contributed by atoms with E-state index in [0.29, 0.717) is 35.9 Å². The number of urea groups is 1. The van der Waals surface area contributed by atoms with Gasteiger partial charge in [0.05, 0.1) is 5.69 Å². The molecule has 0 atom stereocenters. The van der Waals surface area contributed by atoms with Crippen molar-refractivity contribution in [3.05, 3.63) is 94.0 Å². The molecule has 1 fully saturated rings. The molecule has 2 aromatic heterocycles. The van der Waals surface area contributed by atoms with E-state index < -0.39 is 0 Å². The summed E-state index contributed by atoms with van der Waals surface area (Å²) in [6.07, 6.45) is 3.43. The Balaban J connectivity index is 1.46. The van der Waals surface area contributed by atoms with E-state index in [1.54, 1.807) is 67.6 Å². The highest BCUT2D eigenvalue weighted by Crippen LogP contribution is 2.33. The molecule has 40 heavy (non-hydrogen) atoms. The van der Waals surface area contributed by atoms with E-state index in [2.05, 4.69) is 15.3 Å². The topological polar surface area (TPSA) is 104 Å². The number of aromatic nitrogens is 3. The number of nitrogens with one attached hydrogen (secondary N) is 1. The highest BCUT2D eigenvalue weighted by atomic mass is 16.2. The molecular weight excluding hydrogens is 506 g/mol. The van der Waals surface area contributed by atoms with Gasteiger partial charge in [-0.05, 0) is 55.3 Å². The van der Waals surface area contributed by atoms with Crippen LogP contribution in [0.4, 0.5) is 27.8 Å². The number of carbonyl (C=O) groups excluding carboxylic acids is 2. The third-order valence-electron chi connectivity index (χ3n) is 6.90. The highest BCUT2D eigenvalue weighted by Gasteiger charge is 2.32. The van der Waals surface area contributed by atoms with E-state index >= 15 is 0 Å². The minimum absolute atomic E-state index is 0.133. The predicted octanol–water partition coefficient (Wildman–Crippen LogP) is 4.35. The summed E-state index contributed by atoms with van der Waals surface area (Å²) in [5, 5.41) is 3.09. The Hall–Kier alpha value is -4.99. The lowest BCUT2D eigenvalue weighted by Gasteiger charge is -2.21. The molecule has 0 radical (unpaired) electrons. The monoisotopic (exact) mass is 537 g/mol. The summed E-state index contributed by atoms with van der Waals surface area (Å²) < 4.78 is 1.47. The van der Waals surface area contributed by atoms with Crippen molar-refractivity contribution in [1.29, 1.82) is 0 Å². The first-order valence-corrected chi connectivity index (χ1v) is 12.9. The molecule has 0 spiro atoms. The van der Waals surface area contributed by atoms with Crippen LogP contribution >= 0.6 is 0 Å². The number of anilines is 4. The largest absolute Gasteiger partial charge is 0.345 e. The van der Waals surface area contributed by atoms with Crippen LogP contribution in [0.1, 0.15) is 21.5 Å². The van der Waals surface area contributed by atoms with Gasteiger partial charge < -0.3 is 14.8 Å². The molecule has 1 saturated heterocycles. The molecule has 5 rings (SSSR count). The molecule has 3 heterocycles. The lowest BCUT2D eigenvalue weighted by atomic mass is 10.0. The first-order valence-electron chi connectivity index (χ1n) is 12.9. The zero-order chi connectivity index (χ0) is 28.6. The minimum atomic E-state index is -0.308. The van der Waals surface area contributed by atoms with Crippen molar-refractivity contribution in [2.75, 3.05) is 42.3 Å². The number of nitrogens with zero attached hydrogens (tertiary/aromatic N) is 6. The standard InChI is InChI=1S/C30H31N7O3/c1-19-12-13-26(31-17-19)37-15-14-36(30(37)40)25-11-7-10-23(20(25)2)24-18-35(5)29(39)27(33-24)32-22-9-6-8-21(16-22)28(38)34(3)4/h6-13,16-18H,14-15H2,1-5H3,(H,32,33). The van der Waals surface area contributed by atoms with Crippen LogP contribution in [0, 0.1) is 13.8 Å². The van der Waals surface area contributed by atoms with Crippen LogP contribution in [0.3, 0.4) is 0 Å². The Bertz CT molecular complexity index is 1660. The molecular formula is C30H31N7O3. The van der Waals surface area contributed by atoms with Crippen LogP contribution in [-0.2, 0) is 7.05 Å². The first-order chi connectivity index (χ1) is 19.1. The van der Waals surface area contributed by atoms with Crippen LogP contribution < -0.4 is 20.7 Å². The van der Waals surface area contributed by atoms with E-state index in [9.17, 15) is 14.4 Å². The molecule has 10 heteroatoms. The molecule has 0 unspecified atom stereocenters. The van der Waals surface area contributed by atoms with E-state index in [1.807, 2.05) is 44.2 Å². The van der Waals surface area contributed by atoms with Gasteiger partial charge in [-0.1, -0.05) is 24.3 Å². The van der Waals surface area contributed by atoms with Crippen LogP contribution in [0.25, 0.3) is 11.3 Å². The smallest absolute Gasteiger partial charge is 0.330 e. The maximum Gasteiger partial charge on any atom is 0.330 e. The van der Waals surface area contributed by atoms with Crippen molar-refractivity contribution >= 4 is 34.9 Å². The second-order valence-corrected chi connectivity index (χ2v) is 10.0. The predicted molar refractivity (Wildman–Crippen MR) is 156 cm³/mol. The van der Waals surface area contributed by atoms with Crippen molar-refractivity contribution in [2.45, 2.75) is 13.8 Å². The summed E-state index contributed by atoms with van der Waals surface area (Å²) in [7, 11) is 5.04. The summed E-state index contributed by atoms with van der Waals surface area (Å²) in [6.45, 7) is 4.95. The van der Waals surface area contributed by atoms with Gasteiger partial charge >= 0.3 is 6.03 Å². The normalized spacial score (nSPS) is 13.1. The van der Waals surface area contributed by atoms with E-state index in [0.717, 1.165) is 22.4 Å². The van der Waals surface area contributed by atoms with Crippen LogP contribution in [0.2, 0.25) is 0 Å². The van der Waals surface area contributed by atoms with Crippen LogP contribution in [0.5, 0.6) is 0 Å². The molecule has 204 valence electrons. The van der Waals surface area contributed by atoms with Gasteiger partial charge in [0.2, 0.25) is 0 Å². The first kappa shape index (κ1) is 26.6. The average molecular weight is 538 g/mol. The van der Waals surface area contributed by atoms with Gasteiger partial charge in [-0.15, -0.1) is 0 Å². The number of carbonyl (C=O) groups is 2. The Labute approximate surface area is 232 Å². The van der Waals surface area contributed by atoms with Gasteiger partial charge in [0.1, 0.15) is 5.82 Å². The number of hydrogen-bond acceptors (Lipinski definition) is 6. The lowest BCUT2D eigenvalue weighted by Crippen LogP contribution is -2.32. The van der Waals surface area contributed by atoms with E-state index in [-0.39, 0.29) is 23.3 Å². The van der Waals surface area contributed by atoms with Gasteiger partial charge in [0.15, 0.2) is 5.82 Å². The molecule has 2 aromatic carbocycles. The Morgan fingerprint density at radius 3 is 2.45 bits per heavy atom. The Morgan fingerprint density at radius 1 is 0.975 bits per heavy atom. The van der Waals surface area contributed by atoms with Gasteiger partial charge in [0.25, 0.3) is 11.5 Å². The number of hydrogen-bond donors (Lipinski definition) is 1. The third kappa shape index (κ3) is 5.03. The average Bonchev–Trinajstić information content (AvgIpc) is 3.32. The Kier molecular flexibility index (Phi) is 7.08. The molecule has 0 saturated carbocycles. The summed E-state index contributed by atoms with van der Waals surface area (Å²) >= 11 is 0. The zero-order valence-electron chi connectivity index (χ0n) is 23.2. The summed E-state index contributed by atoms with van der Waals surface area (Å²) in [5.41, 5.74) is 4.81. The fourth-order valence-electron chi connectivity index (χ4n) is 4.73. The quantitative estimate of drug-likeness (QED) is 0.392. The molecule has 1 N–H and O–H groups in total. The van der Waals surface area contributed by atoms with Gasteiger partial charge in [0, 0.05) is 69.1 Å². The Morgan fingerprint density at radius 2 is 1.73 bits per heavy atom. The maximum atomic E-state index is 13.4. The van der Waals surface area contributed by atoms with Crippen LogP contribution in [0.15, 0.2) is 71.8 Å². The van der Waals surface area contributed by atoms with E-state index in [4.69, 9.17) is 0 Å². The molecule has 10 nitrogen and oxygen atoms in total. The third-order valence-corrected chi connectivity index (χ3v) is 6.90. The van der Waals surface area contributed by atoms with Gasteiger partial charge in [-0.25, -0.2) is 14.8 Å². The van der Waals surface area contributed by atoms with Crippen molar-refractivity contribution in [2.24, 2.45) is 7.05 Å². The lowest BCUT2D eigenvalue weighted by molar-refractivity contribution is 0.0827. The summed E-state index contributed by atoms with van der Waals surface area (Å²) in [6, 6.07) is 16.3. The fraction of sp³-hybridized carbons (Fsp3) is 0.233. The number of rotatable bonds is 6. The molecule has 1 aliphatic rings. The number of pyridine rings is 1. The summed E-state index contributed by atoms with van der Waals surface area (Å²) in [5.74, 6) is 0.616. The van der Waals surface area contributed by atoms with Crippen molar-refractivity contribution in [1.82, 2.24) is 19.4 Å². The second kappa shape index (κ2) is 10.6. The maximum absolute atomic E-state index is 13.4. The van der Waals surface area contributed by atoms with Gasteiger partial charge in [-0.3, -0.25) is 19.4 Å². The van der Waals surface area contributed by atoms with Gasteiger partial charge in [-0.2, -0.15) is 0 Å². The zero-order valence-corrected chi connectivity index (χ0v) is 23.2. The molecule has 0 bridgehead atoms. The van der Waals surface area contributed by atoms with Crippen molar-refractivity contribution < 1.29 is 9.59 Å². The molecule has 1 aliphatic heterocycles. The summed E-state index contributed by atoms with van der Waals surface area (Å²) in [4.78, 5) is 52.8. The van der Waals surface area contributed by atoms with Crippen LogP contribution in [-0.4, -0.2) is 58.6 Å². The second-order valence-electron chi connectivity index (χ2n) is 10.0. The van der Waals surface area contributed by atoms with Crippen molar-refractivity contribution in [3.8, 4) is 11.3 Å². The fourth-order valence-corrected chi connectivity index (χ4v) is 4.73. The van der Waals surface area contributed by atoms with E-state index in [1.165, 1.54) is 9.47 Å². The molecule has 0 aliphatic carbocycles. The SMILES string of the molecule is Cc1ccc(N2CCN(c3cccc(-c4cn(C)c(=O)c(Nc5cccc(C(=O)N(C)C)c5)n4)c3C)C2=O)nc1.